The molecule has 2 atom stereocenters. The monoisotopic (exact) mass is 390 g/mol. The van der Waals surface area contributed by atoms with Crippen LogP contribution >= 0.6 is 0 Å². The highest BCUT2D eigenvalue weighted by molar-refractivity contribution is 5.79. The Morgan fingerprint density at radius 2 is 2.04 bits per heavy atom. The first-order valence-electron chi connectivity index (χ1n) is 10.7. The average Bonchev–Trinajstić information content (AvgIpc) is 3.40. The Kier molecular flexibility index (Phi) is 5.60. The minimum Gasteiger partial charge on any atom is -0.351 e. The third-order valence-electron chi connectivity index (χ3n) is 7.00. The predicted octanol–water partition coefficient (Wildman–Crippen LogP) is 1.48. The number of aromatic nitrogens is 2. The van der Waals surface area contributed by atoms with Crippen LogP contribution in [0.1, 0.15) is 50.8 Å². The van der Waals surface area contributed by atoms with E-state index in [1.807, 2.05) is 19.0 Å². The molecule has 1 amide bonds. The van der Waals surface area contributed by atoms with Crippen molar-refractivity contribution in [2.45, 2.75) is 63.1 Å². The van der Waals surface area contributed by atoms with E-state index in [0.29, 0.717) is 18.4 Å². The summed E-state index contributed by atoms with van der Waals surface area (Å²) in [5.41, 5.74) is 0.0108. The first-order chi connectivity index (χ1) is 13.5. The van der Waals surface area contributed by atoms with Gasteiger partial charge in [0.1, 0.15) is 0 Å². The van der Waals surface area contributed by atoms with E-state index in [9.17, 15) is 4.79 Å². The number of carbonyl (C=O) groups is 1. The van der Waals surface area contributed by atoms with Crippen LogP contribution in [0.3, 0.4) is 0 Å². The molecule has 2 unspecified atom stereocenters. The molecule has 1 spiro atoms. The van der Waals surface area contributed by atoms with Crippen LogP contribution < -0.4 is 10.2 Å². The normalized spacial score (nSPS) is 29.6. The Balaban J connectivity index is 1.43. The lowest BCUT2D eigenvalue weighted by molar-refractivity contribution is -0.126. The third-order valence-corrected chi connectivity index (χ3v) is 7.00. The van der Waals surface area contributed by atoms with Crippen LogP contribution in [0, 0.1) is 5.92 Å². The van der Waals surface area contributed by atoms with Gasteiger partial charge in [-0.25, -0.2) is 0 Å². The highest BCUT2D eigenvalue weighted by atomic mass is 16.5. The summed E-state index contributed by atoms with van der Waals surface area (Å²) in [6.45, 7) is 3.66. The number of amides is 1. The lowest BCUT2D eigenvalue weighted by atomic mass is 9.82. The number of likely N-dealkylation sites (N-methyl/N-ethyl adjacent to an activating group) is 1. The van der Waals surface area contributed by atoms with Gasteiger partial charge in [0.25, 0.3) is 5.95 Å². The Labute approximate surface area is 167 Å². The second-order valence-corrected chi connectivity index (χ2v) is 9.05. The Hall–Kier alpha value is -1.67. The van der Waals surface area contributed by atoms with Gasteiger partial charge in [0, 0.05) is 39.1 Å². The van der Waals surface area contributed by atoms with Crippen LogP contribution in [0.4, 0.5) is 5.95 Å². The molecule has 1 aromatic heterocycles. The fourth-order valence-corrected chi connectivity index (χ4v) is 5.33. The molecule has 3 heterocycles. The van der Waals surface area contributed by atoms with Gasteiger partial charge in [0.05, 0.1) is 12.1 Å². The largest absolute Gasteiger partial charge is 0.351 e. The van der Waals surface area contributed by atoms with E-state index in [1.54, 1.807) is 0 Å². The van der Waals surface area contributed by atoms with E-state index in [1.165, 1.54) is 12.8 Å². The minimum atomic E-state index is 0.0108. The predicted molar refractivity (Wildman–Crippen MR) is 107 cm³/mol. The van der Waals surface area contributed by atoms with Crippen molar-refractivity contribution in [2.75, 3.05) is 45.7 Å². The summed E-state index contributed by atoms with van der Waals surface area (Å²) in [7, 11) is 6.04. The zero-order valence-corrected chi connectivity index (χ0v) is 17.5. The number of carbonyl (C=O) groups excluding carboxylic acids is 1. The summed E-state index contributed by atoms with van der Waals surface area (Å²) >= 11 is 0. The third kappa shape index (κ3) is 3.76. The van der Waals surface area contributed by atoms with Gasteiger partial charge in [-0.1, -0.05) is 12.8 Å². The molecule has 156 valence electrons. The van der Waals surface area contributed by atoms with Crippen molar-refractivity contribution in [3.05, 3.63) is 5.89 Å². The summed E-state index contributed by atoms with van der Waals surface area (Å²) in [6.07, 6.45) is 7.78. The number of nitrogens with zero attached hydrogens (tertiary/aromatic N) is 5. The van der Waals surface area contributed by atoms with E-state index < -0.39 is 0 Å². The van der Waals surface area contributed by atoms with Crippen molar-refractivity contribution < 1.29 is 9.32 Å². The smallest absolute Gasteiger partial charge is 0.265 e. The number of piperidine rings is 1. The molecule has 0 bridgehead atoms. The Morgan fingerprint density at radius 3 is 2.75 bits per heavy atom. The molecule has 0 aromatic carbocycles. The number of rotatable bonds is 5. The molecule has 28 heavy (non-hydrogen) atoms. The number of likely N-dealkylation sites (tertiary alicyclic amines) is 2. The SMILES string of the molecule is CN(C)c1noc(CN2CCCC3(C2)C(NC(=O)C2CCCC2)CCN3C)n1. The van der Waals surface area contributed by atoms with Crippen molar-refractivity contribution in [2.24, 2.45) is 5.92 Å². The minimum absolute atomic E-state index is 0.0108. The van der Waals surface area contributed by atoms with E-state index in [-0.39, 0.29) is 23.4 Å². The molecule has 8 heteroatoms. The molecular weight excluding hydrogens is 356 g/mol. The molecule has 1 aromatic rings. The molecular formula is C20H34N6O2. The first kappa shape index (κ1) is 19.6. The maximum absolute atomic E-state index is 12.8. The van der Waals surface area contributed by atoms with E-state index in [0.717, 1.165) is 51.7 Å². The van der Waals surface area contributed by atoms with E-state index in [4.69, 9.17) is 4.52 Å². The van der Waals surface area contributed by atoms with Crippen LogP contribution in [0.2, 0.25) is 0 Å². The molecule has 8 nitrogen and oxygen atoms in total. The molecule has 0 radical (unpaired) electrons. The Bertz CT molecular complexity index is 686. The molecule has 1 saturated carbocycles. The van der Waals surface area contributed by atoms with Crippen molar-refractivity contribution >= 4 is 11.9 Å². The van der Waals surface area contributed by atoms with Crippen molar-refractivity contribution in [1.82, 2.24) is 25.3 Å². The molecule has 1 aliphatic carbocycles. The maximum Gasteiger partial charge on any atom is 0.265 e. The first-order valence-corrected chi connectivity index (χ1v) is 10.7. The van der Waals surface area contributed by atoms with Crippen molar-refractivity contribution in [1.29, 1.82) is 0 Å². The van der Waals surface area contributed by atoms with Gasteiger partial charge >= 0.3 is 0 Å². The van der Waals surface area contributed by atoms with Crippen molar-refractivity contribution in [3.63, 3.8) is 0 Å². The average molecular weight is 391 g/mol. The fraction of sp³-hybridized carbons (Fsp3) is 0.850. The highest BCUT2D eigenvalue weighted by Crippen LogP contribution is 2.37. The lowest BCUT2D eigenvalue weighted by Gasteiger charge is -2.47. The van der Waals surface area contributed by atoms with Gasteiger partial charge in [0.15, 0.2) is 0 Å². The zero-order chi connectivity index (χ0) is 19.7. The molecule has 4 rings (SSSR count). The number of hydrogen-bond acceptors (Lipinski definition) is 7. The van der Waals surface area contributed by atoms with Crippen molar-refractivity contribution in [3.8, 4) is 0 Å². The molecule has 2 aliphatic heterocycles. The van der Waals surface area contributed by atoms with Crippen LogP contribution in [-0.4, -0.2) is 78.2 Å². The summed E-state index contributed by atoms with van der Waals surface area (Å²) in [6, 6.07) is 0.230. The molecule has 1 N–H and O–H groups in total. The molecule has 3 fully saturated rings. The summed E-state index contributed by atoms with van der Waals surface area (Å²) < 4.78 is 5.44. The summed E-state index contributed by atoms with van der Waals surface area (Å²) in [4.78, 5) is 24.0. The second-order valence-electron chi connectivity index (χ2n) is 9.05. The lowest BCUT2D eigenvalue weighted by Crippen LogP contribution is -2.63. The quantitative estimate of drug-likeness (QED) is 0.816. The standard InChI is InChI=1S/C20H34N6O2/c1-24(2)19-22-17(28-23-19)13-26-11-6-10-20(14-26)16(9-12-25(20)3)21-18(27)15-7-4-5-8-15/h15-16H,4-14H2,1-3H3,(H,21,27). The van der Waals surface area contributed by atoms with Gasteiger partial charge in [-0.15, -0.1) is 0 Å². The van der Waals surface area contributed by atoms with E-state index >= 15 is 0 Å². The second kappa shape index (κ2) is 7.99. The number of nitrogens with one attached hydrogen (secondary N) is 1. The van der Waals surface area contributed by atoms with Gasteiger partial charge in [-0.05, 0) is 50.9 Å². The maximum atomic E-state index is 12.8. The van der Waals surface area contributed by atoms with Gasteiger partial charge < -0.3 is 14.7 Å². The summed E-state index contributed by atoms with van der Waals surface area (Å²) in [5.74, 6) is 1.78. The number of anilines is 1. The van der Waals surface area contributed by atoms with Gasteiger partial charge in [-0.2, -0.15) is 4.98 Å². The summed E-state index contributed by atoms with van der Waals surface area (Å²) in [5, 5.41) is 7.48. The zero-order valence-electron chi connectivity index (χ0n) is 17.5. The number of hydrogen-bond donors (Lipinski definition) is 1. The fourth-order valence-electron chi connectivity index (χ4n) is 5.33. The van der Waals surface area contributed by atoms with Crippen LogP contribution in [0.25, 0.3) is 0 Å². The van der Waals surface area contributed by atoms with Crippen LogP contribution in [0.5, 0.6) is 0 Å². The Morgan fingerprint density at radius 1 is 1.25 bits per heavy atom. The van der Waals surface area contributed by atoms with E-state index in [2.05, 4.69) is 32.3 Å². The highest BCUT2D eigenvalue weighted by Gasteiger charge is 2.50. The van der Waals surface area contributed by atoms with Crippen LogP contribution in [0.15, 0.2) is 4.52 Å². The topological polar surface area (TPSA) is 77.7 Å². The molecule has 2 saturated heterocycles. The van der Waals surface area contributed by atoms with Gasteiger partial charge in [-0.3, -0.25) is 14.6 Å². The van der Waals surface area contributed by atoms with Crippen LogP contribution in [-0.2, 0) is 11.3 Å². The van der Waals surface area contributed by atoms with Gasteiger partial charge in [0.2, 0.25) is 11.8 Å². The molecule has 3 aliphatic rings.